The zero-order valence-corrected chi connectivity index (χ0v) is 42.0. The molecule has 1 saturated carbocycles. The van der Waals surface area contributed by atoms with E-state index in [1.165, 1.54) is 31.3 Å². The number of aliphatic hydroxyl groups excluding tert-OH is 1. The molecule has 382 valence electrons. The molecule has 1 aromatic heterocycles. The van der Waals surface area contributed by atoms with Gasteiger partial charge in [-0.1, -0.05) is 57.6 Å². The van der Waals surface area contributed by atoms with Crippen LogP contribution in [0, 0.1) is 35.4 Å². The second kappa shape index (κ2) is 24.3. The number of carbonyl (C=O) groups is 4. The minimum atomic E-state index is -2.52. The predicted octanol–water partition coefficient (Wildman–Crippen LogP) is 7.23. The number of aromatic nitrogens is 2. The van der Waals surface area contributed by atoms with Gasteiger partial charge in [-0.2, -0.15) is 0 Å². The van der Waals surface area contributed by atoms with Gasteiger partial charge in [0.1, 0.15) is 42.3 Å². The highest BCUT2D eigenvalue weighted by molar-refractivity contribution is 6.39. The van der Waals surface area contributed by atoms with Crippen LogP contribution in [0.15, 0.2) is 53.8 Å². The number of aromatic amines is 1. The van der Waals surface area contributed by atoms with Gasteiger partial charge in [-0.3, -0.25) is 14.4 Å². The topological polar surface area (TPSA) is 196 Å². The van der Waals surface area contributed by atoms with E-state index in [1.807, 2.05) is 32.9 Å². The Morgan fingerprint density at radius 1 is 0.971 bits per heavy atom. The van der Waals surface area contributed by atoms with Crippen molar-refractivity contribution in [2.24, 2.45) is 29.6 Å². The highest BCUT2D eigenvalue weighted by Gasteiger charge is 2.56. The third-order valence-electron chi connectivity index (χ3n) is 15.1. The molecule has 3 N–H and O–H groups in total. The predicted molar refractivity (Wildman–Crippen MR) is 255 cm³/mol. The summed E-state index contributed by atoms with van der Waals surface area (Å²) in [6.45, 7) is 11.5. The van der Waals surface area contributed by atoms with Crippen molar-refractivity contribution in [2.45, 2.75) is 173 Å². The van der Waals surface area contributed by atoms with Gasteiger partial charge in [-0.15, -0.1) is 0 Å². The number of ether oxygens (including phenoxy) is 6. The summed E-state index contributed by atoms with van der Waals surface area (Å²) in [5.74, 6) is -7.45. The molecule has 1 amide bonds. The lowest BCUT2D eigenvalue weighted by atomic mass is 9.81. The number of cyclic esters (lactones) is 1. The van der Waals surface area contributed by atoms with Gasteiger partial charge >= 0.3 is 5.97 Å². The van der Waals surface area contributed by atoms with Crippen molar-refractivity contribution in [1.29, 1.82) is 0 Å². The van der Waals surface area contributed by atoms with Crippen molar-refractivity contribution >= 4 is 23.4 Å². The largest absolute Gasteiger partial charge is 0.456 e. The molecule has 69 heavy (non-hydrogen) atoms. The Kier molecular flexibility index (Phi) is 19.1. The van der Waals surface area contributed by atoms with Crippen LogP contribution in [0.3, 0.4) is 0 Å². The second-order valence-electron chi connectivity index (χ2n) is 20.2. The molecule has 4 aliphatic rings. The first-order valence-corrected chi connectivity index (χ1v) is 24.9. The molecule has 15 nitrogen and oxygen atoms in total. The molecule has 4 heterocycles. The normalized spacial score (nSPS) is 35.9. The van der Waals surface area contributed by atoms with Crippen LogP contribution in [0.4, 0.5) is 4.39 Å². The Labute approximate surface area is 406 Å². The summed E-state index contributed by atoms with van der Waals surface area (Å²) in [5, 5.41) is 24.0. The fourth-order valence-corrected chi connectivity index (χ4v) is 11.0. The molecule has 14 atom stereocenters. The average Bonchev–Trinajstić information content (AvgIpc) is 3.82. The number of piperidine rings is 1. The number of imidazole rings is 1. The highest BCUT2D eigenvalue weighted by atomic mass is 19.1. The van der Waals surface area contributed by atoms with E-state index < -0.39 is 77.8 Å². The molecule has 1 aliphatic carbocycles. The number of allylic oxidation sites excluding steroid dienone is 3. The molecule has 0 spiro atoms. The molecule has 1 aromatic carbocycles. The smallest absolute Gasteiger partial charge is 0.329 e. The molecular weight excluding hydrogens is 890 g/mol. The van der Waals surface area contributed by atoms with Crippen LogP contribution in [0.25, 0.3) is 11.3 Å². The third-order valence-corrected chi connectivity index (χ3v) is 15.1. The number of Topliss-reactive ketones (excluding diaryl/α,β-unsaturated/α-hetero) is 2. The summed E-state index contributed by atoms with van der Waals surface area (Å²) in [6, 6.07) is 5.07. The second-order valence-corrected chi connectivity index (χ2v) is 20.2. The fourth-order valence-electron chi connectivity index (χ4n) is 11.0. The molecule has 14 unspecified atom stereocenters. The van der Waals surface area contributed by atoms with E-state index in [1.54, 1.807) is 39.3 Å². The minimum Gasteiger partial charge on any atom is -0.456 e. The third kappa shape index (κ3) is 13.0. The van der Waals surface area contributed by atoms with Crippen molar-refractivity contribution in [3.63, 3.8) is 0 Å². The molecule has 2 bridgehead atoms. The maximum Gasteiger partial charge on any atom is 0.329 e. The van der Waals surface area contributed by atoms with Gasteiger partial charge in [0.05, 0.1) is 36.2 Å². The molecule has 0 radical (unpaired) electrons. The van der Waals surface area contributed by atoms with E-state index in [0.29, 0.717) is 74.0 Å². The summed E-state index contributed by atoms with van der Waals surface area (Å²) < 4.78 is 50.6. The molecular formula is C53H76FN3O12. The van der Waals surface area contributed by atoms with E-state index in [2.05, 4.69) is 16.9 Å². The first kappa shape index (κ1) is 54.2. The molecule has 16 heteroatoms. The summed E-state index contributed by atoms with van der Waals surface area (Å²) in [6.07, 6.45) is 5.77. The number of nitrogens with one attached hydrogen (secondary N) is 1. The number of amides is 1. The zero-order valence-electron chi connectivity index (χ0n) is 42.0. The summed E-state index contributed by atoms with van der Waals surface area (Å²) in [4.78, 5) is 66.2. The highest BCUT2D eigenvalue weighted by Crippen LogP contribution is 2.39. The number of esters is 1. The molecule has 6 rings (SSSR count). The van der Waals surface area contributed by atoms with Gasteiger partial charge in [-0.25, -0.2) is 14.2 Å². The maximum atomic E-state index is 14.6. The van der Waals surface area contributed by atoms with E-state index in [-0.39, 0.29) is 68.1 Å². The van der Waals surface area contributed by atoms with Gasteiger partial charge in [0.15, 0.2) is 0 Å². The Hall–Kier alpha value is -4.16. The fraction of sp³-hybridized carbons (Fsp3) is 0.679. The number of H-pyrrole nitrogens is 1. The monoisotopic (exact) mass is 966 g/mol. The Morgan fingerprint density at radius 2 is 1.70 bits per heavy atom. The van der Waals surface area contributed by atoms with Gasteiger partial charge in [0.2, 0.25) is 5.79 Å². The van der Waals surface area contributed by atoms with Crippen molar-refractivity contribution in [1.82, 2.24) is 14.9 Å². The summed E-state index contributed by atoms with van der Waals surface area (Å²) in [7, 11) is 4.70. The number of hydrogen-bond acceptors (Lipinski definition) is 13. The first-order chi connectivity index (χ1) is 32.9. The number of ketones is 2. The first-order valence-electron chi connectivity index (χ1n) is 24.9. The van der Waals surface area contributed by atoms with Gasteiger partial charge in [0.25, 0.3) is 11.7 Å². The minimum absolute atomic E-state index is 0.0171. The Bertz CT molecular complexity index is 2140. The van der Waals surface area contributed by atoms with Crippen LogP contribution in [0.5, 0.6) is 0 Å². The van der Waals surface area contributed by atoms with Crippen molar-refractivity contribution in [3.05, 3.63) is 65.4 Å². The van der Waals surface area contributed by atoms with Crippen LogP contribution < -0.4 is 0 Å². The van der Waals surface area contributed by atoms with Crippen molar-refractivity contribution in [3.8, 4) is 11.3 Å². The number of aliphatic hydroxyl groups is 2. The van der Waals surface area contributed by atoms with Gasteiger partial charge in [-0.05, 0) is 108 Å². The Morgan fingerprint density at radius 3 is 2.39 bits per heavy atom. The number of nitrogens with zero attached hydrogens (tertiary/aromatic N) is 2. The lowest BCUT2D eigenvalue weighted by molar-refractivity contribution is -0.302. The zero-order chi connectivity index (χ0) is 50.2. The molecule has 3 fully saturated rings. The van der Waals surface area contributed by atoms with E-state index in [4.69, 9.17) is 28.4 Å². The van der Waals surface area contributed by atoms with Crippen LogP contribution in [-0.4, -0.2) is 131 Å². The SMILES string of the molecule is CCC1/C=C(\C)CC(C)CC(OC)C2OC(O)(C(=O)C(=O)N3CCCCC3C(=O)OC(C(C)=CC3CCC(OCc4nc(-c5cccc(F)c5)c[nH]4)C(OC)C3)C(C)C(O)CC1=O)C(C)CC2OC. The summed E-state index contributed by atoms with van der Waals surface area (Å²) in [5.41, 5.74) is 2.90. The lowest BCUT2D eigenvalue weighted by Gasteiger charge is -2.47. The van der Waals surface area contributed by atoms with E-state index in [9.17, 15) is 33.8 Å². The number of methoxy groups -OCH3 is 3. The number of benzene rings is 1. The van der Waals surface area contributed by atoms with Crippen molar-refractivity contribution < 1.29 is 62.2 Å². The lowest BCUT2D eigenvalue weighted by Crippen LogP contribution is -2.64. The van der Waals surface area contributed by atoms with Crippen LogP contribution in [0.1, 0.15) is 118 Å². The number of halogens is 1. The molecule has 2 saturated heterocycles. The number of rotatable bonds is 10. The standard InChI is InChI=1S/C53H76FN3O12/c1-10-36-21-30(2)20-31(3)22-45(65-8)49-46(66-9)24-33(5)53(63,69-49)50(60)51(61)57-19-12-11-16-40(57)52(62)68-48(34(6)41(58)27-42(36)59)32(4)23-35-17-18-43(44(25-35)64-7)67-29-47-55-28-39(56-47)37-14-13-15-38(54)26-37/h13-15,21,23,26,28,31,33-36,40-41,43-46,48-49,58,63H,10-12,16-20,22,24-25,27,29H2,1-9H3,(H,55,56)/b30-21+,32-23?. The maximum absolute atomic E-state index is 14.6. The molecule has 3 aliphatic heterocycles. The average molecular weight is 966 g/mol. The van der Waals surface area contributed by atoms with Crippen LogP contribution in [0.2, 0.25) is 0 Å². The Balaban J connectivity index is 1.26. The van der Waals surface area contributed by atoms with Crippen molar-refractivity contribution in [2.75, 3.05) is 27.9 Å². The number of fused-ring (bicyclic) bond motifs is 3. The van der Waals surface area contributed by atoms with E-state index in [0.717, 1.165) is 5.57 Å². The van der Waals surface area contributed by atoms with Crippen LogP contribution >= 0.6 is 0 Å². The molecule has 2 aromatic rings. The quantitative estimate of drug-likeness (QED) is 0.123. The summed E-state index contributed by atoms with van der Waals surface area (Å²) >= 11 is 0. The van der Waals surface area contributed by atoms with Gasteiger partial charge in [0, 0.05) is 63.8 Å². The number of carbonyl (C=O) groups excluding carboxylic acids is 4. The number of hydrogen-bond donors (Lipinski definition) is 3. The van der Waals surface area contributed by atoms with Gasteiger partial charge < -0.3 is 48.5 Å². The van der Waals surface area contributed by atoms with Crippen LogP contribution in [-0.2, 0) is 54.2 Å². The van der Waals surface area contributed by atoms with E-state index >= 15 is 0 Å².